The zero-order chi connectivity index (χ0) is 25.2. The molecule has 0 bridgehead atoms. The van der Waals surface area contributed by atoms with E-state index in [1.165, 1.54) is 4.88 Å². The number of ether oxygens (including phenoxy) is 3. The molecule has 5 rings (SSSR count). The summed E-state index contributed by atoms with van der Waals surface area (Å²) in [7, 11) is 0. The molecule has 1 aromatic carbocycles. The number of benzene rings is 1. The SMILES string of the molecule is CCOc1cc(C2C(C(=O)OCC3CCCO3)=C(C)NC3=C2C(=O)CC(c2cccs2)C3)ccc1O. The van der Waals surface area contributed by atoms with Gasteiger partial charge < -0.3 is 24.6 Å². The molecule has 1 fully saturated rings. The first kappa shape index (κ1) is 24.6. The van der Waals surface area contributed by atoms with Gasteiger partial charge in [-0.05, 0) is 62.3 Å². The van der Waals surface area contributed by atoms with Crippen LogP contribution in [0.15, 0.2) is 58.3 Å². The van der Waals surface area contributed by atoms with Crippen molar-refractivity contribution in [1.82, 2.24) is 5.32 Å². The average Bonchev–Trinajstić information content (AvgIpc) is 3.58. The fourth-order valence-electron chi connectivity index (χ4n) is 5.37. The van der Waals surface area contributed by atoms with Crippen molar-refractivity contribution in [3.63, 3.8) is 0 Å². The molecule has 190 valence electrons. The van der Waals surface area contributed by atoms with Crippen LogP contribution in [0, 0.1) is 0 Å². The van der Waals surface area contributed by atoms with Crippen molar-refractivity contribution in [2.75, 3.05) is 19.8 Å². The summed E-state index contributed by atoms with van der Waals surface area (Å²) in [6.07, 6.45) is 2.79. The Bertz CT molecular complexity index is 1210. The number of aromatic hydroxyl groups is 1. The molecule has 36 heavy (non-hydrogen) atoms. The summed E-state index contributed by atoms with van der Waals surface area (Å²) in [6, 6.07) is 9.09. The predicted molar refractivity (Wildman–Crippen MR) is 136 cm³/mol. The van der Waals surface area contributed by atoms with E-state index in [2.05, 4.69) is 11.4 Å². The minimum Gasteiger partial charge on any atom is -0.504 e. The zero-order valence-corrected chi connectivity index (χ0v) is 21.4. The van der Waals surface area contributed by atoms with E-state index in [9.17, 15) is 14.7 Å². The van der Waals surface area contributed by atoms with Crippen LogP contribution in [0.4, 0.5) is 0 Å². The van der Waals surface area contributed by atoms with Crippen molar-refractivity contribution in [2.24, 2.45) is 0 Å². The third kappa shape index (κ3) is 4.80. The zero-order valence-electron chi connectivity index (χ0n) is 20.5. The van der Waals surface area contributed by atoms with Crippen molar-refractivity contribution in [3.05, 3.63) is 68.7 Å². The number of carbonyl (C=O) groups excluding carboxylic acids is 2. The second-order valence-corrected chi connectivity index (χ2v) is 10.4. The molecule has 0 amide bonds. The van der Waals surface area contributed by atoms with Gasteiger partial charge in [-0.15, -0.1) is 11.3 Å². The van der Waals surface area contributed by atoms with Gasteiger partial charge in [0.1, 0.15) is 6.61 Å². The lowest BCUT2D eigenvalue weighted by atomic mass is 9.72. The number of Topliss-reactive ketones (excluding diaryl/α,β-unsaturated/α-hetero) is 1. The fourth-order valence-corrected chi connectivity index (χ4v) is 6.20. The van der Waals surface area contributed by atoms with Crippen molar-refractivity contribution >= 4 is 23.1 Å². The number of esters is 1. The summed E-state index contributed by atoms with van der Waals surface area (Å²) in [5, 5.41) is 15.7. The third-order valence-electron chi connectivity index (χ3n) is 7.03. The lowest BCUT2D eigenvalue weighted by Gasteiger charge is -2.36. The van der Waals surface area contributed by atoms with Gasteiger partial charge in [0.15, 0.2) is 17.3 Å². The van der Waals surface area contributed by atoms with E-state index in [0.717, 1.165) is 18.5 Å². The summed E-state index contributed by atoms with van der Waals surface area (Å²) in [5.74, 6) is -0.639. The number of hydrogen-bond donors (Lipinski definition) is 2. The van der Waals surface area contributed by atoms with E-state index in [4.69, 9.17) is 14.2 Å². The maximum absolute atomic E-state index is 13.7. The Morgan fingerprint density at radius 1 is 1.28 bits per heavy atom. The Hall–Kier alpha value is -3.10. The number of nitrogens with one attached hydrogen (secondary N) is 1. The number of allylic oxidation sites excluding steroid dienone is 3. The van der Waals surface area contributed by atoms with E-state index in [1.54, 1.807) is 29.5 Å². The Labute approximate surface area is 214 Å². The van der Waals surface area contributed by atoms with Crippen LogP contribution in [0.25, 0.3) is 0 Å². The largest absolute Gasteiger partial charge is 0.504 e. The van der Waals surface area contributed by atoms with Crippen molar-refractivity contribution in [1.29, 1.82) is 0 Å². The number of thiophene rings is 1. The maximum Gasteiger partial charge on any atom is 0.336 e. The molecule has 2 aromatic rings. The molecule has 1 aliphatic carbocycles. The highest BCUT2D eigenvalue weighted by molar-refractivity contribution is 7.10. The van der Waals surface area contributed by atoms with E-state index in [-0.39, 0.29) is 30.2 Å². The number of ketones is 1. The average molecular weight is 510 g/mol. The quantitative estimate of drug-likeness (QED) is 0.511. The van der Waals surface area contributed by atoms with Crippen molar-refractivity contribution in [2.45, 2.75) is 57.5 Å². The van der Waals surface area contributed by atoms with E-state index in [1.807, 2.05) is 25.3 Å². The first-order chi connectivity index (χ1) is 17.5. The van der Waals surface area contributed by atoms with Crippen LogP contribution in [-0.4, -0.2) is 42.8 Å². The van der Waals surface area contributed by atoms with Crippen molar-refractivity contribution in [3.8, 4) is 11.5 Å². The second kappa shape index (κ2) is 10.5. The van der Waals surface area contributed by atoms with E-state index >= 15 is 0 Å². The first-order valence-electron chi connectivity index (χ1n) is 12.5. The van der Waals surface area contributed by atoms with Crippen LogP contribution in [0.2, 0.25) is 0 Å². The van der Waals surface area contributed by atoms with Crippen LogP contribution in [0.1, 0.15) is 61.8 Å². The fraction of sp³-hybridized carbons (Fsp3) is 0.429. The lowest BCUT2D eigenvalue weighted by molar-refractivity contribution is -0.142. The minimum atomic E-state index is -0.616. The number of carbonyl (C=O) groups is 2. The van der Waals surface area contributed by atoms with E-state index in [0.29, 0.717) is 54.2 Å². The van der Waals surface area contributed by atoms with Gasteiger partial charge in [0.2, 0.25) is 0 Å². The van der Waals surface area contributed by atoms with Gasteiger partial charge in [0, 0.05) is 46.7 Å². The molecule has 0 radical (unpaired) electrons. The summed E-state index contributed by atoms with van der Waals surface area (Å²) < 4.78 is 16.9. The summed E-state index contributed by atoms with van der Waals surface area (Å²) in [4.78, 5) is 28.3. The number of phenols is 1. The van der Waals surface area contributed by atoms with Gasteiger partial charge in [-0.2, -0.15) is 0 Å². The molecule has 0 saturated carbocycles. The second-order valence-electron chi connectivity index (χ2n) is 9.43. The van der Waals surface area contributed by atoms with Gasteiger partial charge >= 0.3 is 5.97 Å². The van der Waals surface area contributed by atoms with Gasteiger partial charge in [-0.25, -0.2) is 4.79 Å². The van der Waals surface area contributed by atoms with Crippen LogP contribution in [0.3, 0.4) is 0 Å². The molecular weight excluding hydrogens is 478 g/mol. The topological polar surface area (TPSA) is 94.1 Å². The highest BCUT2D eigenvalue weighted by Gasteiger charge is 2.42. The minimum absolute atomic E-state index is 0.00936. The first-order valence-corrected chi connectivity index (χ1v) is 13.4. The van der Waals surface area contributed by atoms with Gasteiger partial charge in [-0.3, -0.25) is 4.79 Å². The molecular formula is C28H31NO6S. The molecule has 2 aliphatic heterocycles. The molecule has 1 saturated heterocycles. The summed E-state index contributed by atoms with van der Waals surface area (Å²) in [5.41, 5.74) is 3.21. The normalized spacial score (nSPS) is 23.9. The number of phenolic OH excluding ortho intramolecular Hbond substituents is 1. The van der Waals surface area contributed by atoms with Gasteiger partial charge in [-0.1, -0.05) is 12.1 Å². The Morgan fingerprint density at radius 2 is 2.14 bits per heavy atom. The third-order valence-corrected chi connectivity index (χ3v) is 8.07. The molecule has 3 aliphatic rings. The molecule has 2 N–H and O–H groups in total. The number of rotatable bonds is 7. The summed E-state index contributed by atoms with van der Waals surface area (Å²) in [6.45, 7) is 4.93. The molecule has 3 heterocycles. The monoisotopic (exact) mass is 509 g/mol. The molecule has 1 aromatic heterocycles. The van der Waals surface area contributed by atoms with Crippen LogP contribution < -0.4 is 10.1 Å². The maximum atomic E-state index is 13.7. The Balaban J connectivity index is 1.53. The van der Waals surface area contributed by atoms with Gasteiger partial charge in [0.25, 0.3) is 0 Å². The Morgan fingerprint density at radius 3 is 2.86 bits per heavy atom. The highest BCUT2D eigenvalue weighted by atomic mass is 32.1. The lowest BCUT2D eigenvalue weighted by Crippen LogP contribution is -2.36. The van der Waals surface area contributed by atoms with Crippen LogP contribution in [-0.2, 0) is 19.1 Å². The van der Waals surface area contributed by atoms with Crippen LogP contribution >= 0.6 is 11.3 Å². The summed E-state index contributed by atoms with van der Waals surface area (Å²) >= 11 is 1.66. The Kier molecular flexibility index (Phi) is 7.16. The predicted octanol–water partition coefficient (Wildman–Crippen LogP) is 4.94. The molecule has 3 atom stereocenters. The van der Waals surface area contributed by atoms with Crippen LogP contribution in [0.5, 0.6) is 11.5 Å². The molecule has 7 nitrogen and oxygen atoms in total. The van der Waals surface area contributed by atoms with E-state index < -0.39 is 11.9 Å². The number of hydrogen-bond acceptors (Lipinski definition) is 8. The smallest absolute Gasteiger partial charge is 0.336 e. The standard InChI is InChI=1S/C28H31NO6S/c1-3-33-23-14-17(8-9-21(23)30)26-25(28(32)35-15-19-6-4-10-34-19)16(2)29-20-12-18(13-22(31)27(20)26)24-7-5-11-36-24/h5,7-9,11,14,18-19,26,29-30H,3-4,6,10,12-13,15H2,1-2H3. The molecule has 8 heteroatoms. The van der Waals surface area contributed by atoms with Crippen molar-refractivity contribution < 1.29 is 28.9 Å². The molecule has 3 unspecified atom stereocenters. The molecule has 0 spiro atoms. The highest BCUT2D eigenvalue weighted by Crippen LogP contribution is 2.47. The van der Waals surface area contributed by atoms with Gasteiger partial charge in [0.05, 0.1) is 18.3 Å². The number of dihydropyridines is 1.